The van der Waals surface area contributed by atoms with E-state index in [1.807, 2.05) is 0 Å². The van der Waals surface area contributed by atoms with Gasteiger partial charge in [0, 0.05) is 32.9 Å². The Morgan fingerprint density at radius 1 is 0.125 bits per heavy atom. The maximum Gasteiger partial charge on any atom is 0.0541 e. The van der Waals surface area contributed by atoms with Gasteiger partial charge in [-0.05, 0) is 208 Å². The number of hydrogen-bond donors (Lipinski definition) is 0. The lowest BCUT2D eigenvalue weighted by atomic mass is 9.87. The summed E-state index contributed by atoms with van der Waals surface area (Å²) in [6, 6.07) is 129. The summed E-state index contributed by atoms with van der Waals surface area (Å²) >= 11 is 0. The van der Waals surface area contributed by atoms with Crippen LogP contribution in [0.25, 0.3) is 196 Å². The van der Waals surface area contributed by atoms with Gasteiger partial charge in [-0.1, -0.05) is 285 Å². The molecule has 0 saturated heterocycles. The van der Waals surface area contributed by atoms with Crippen molar-refractivity contribution in [1.82, 2.24) is 9.13 Å². The number of para-hydroxylation sites is 1. The van der Waals surface area contributed by atoms with Crippen LogP contribution < -0.4 is 0 Å². The van der Waals surface area contributed by atoms with Crippen LogP contribution >= 0.6 is 0 Å². The molecular formula is C94H58N2. The highest BCUT2D eigenvalue weighted by molar-refractivity contribution is 6.41. The number of nitrogens with zero attached hydrogens (tertiary/aromatic N) is 2. The van der Waals surface area contributed by atoms with Crippen LogP contribution in [0.2, 0.25) is 0 Å². The number of rotatable bonds is 5. The van der Waals surface area contributed by atoms with Gasteiger partial charge in [-0.15, -0.1) is 0 Å². The summed E-state index contributed by atoms with van der Waals surface area (Å²) in [7, 11) is 0. The van der Waals surface area contributed by atoms with E-state index in [0.717, 1.165) is 5.69 Å². The van der Waals surface area contributed by atoms with E-state index in [9.17, 15) is 0 Å². The second-order valence-corrected chi connectivity index (χ2v) is 25.7. The van der Waals surface area contributed by atoms with Crippen molar-refractivity contribution >= 4 is 151 Å². The van der Waals surface area contributed by atoms with Crippen molar-refractivity contribution in [3.05, 3.63) is 352 Å². The van der Waals surface area contributed by atoms with E-state index in [4.69, 9.17) is 0 Å². The minimum atomic E-state index is 1.16. The Labute approximate surface area is 553 Å². The van der Waals surface area contributed by atoms with Crippen LogP contribution in [-0.4, -0.2) is 9.13 Å². The molecule has 0 fully saturated rings. The topological polar surface area (TPSA) is 9.86 Å². The largest absolute Gasteiger partial charge is 0.309 e. The molecule has 0 radical (unpaired) electrons. The second kappa shape index (κ2) is 21.5. The van der Waals surface area contributed by atoms with Crippen molar-refractivity contribution in [1.29, 1.82) is 0 Å². The van der Waals surface area contributed by atoms with Crippen LogP contribution in [0, 0.1) is 0 Å². The second-order valence-electron chi connectivity index (χ2n) is 25.7. The van der Waals surface area contributed by atoms with Gasteiger partial charge in [0.05, 0.1) is 22.1 Å². The average Bonchev–Trinajstić information content (AvgIpc) is 1.04. The van der Waals surface area contributed by atoms with Crippen LogP contribution in [0.15, 0.2) is 352 Å². The first kappa shape index (κ1) is 54.0. The molecule has 2 aromatic heterocycles. The van der Waals surface area contributed by atoms with E-state index >= 15 is 0 Å². The molecule has 0 bridgehead atoms. The molecule has 0 saturated carbocycles. The molecule has 0 atom stereocenters. The zero-order valence-electron chi connectivity index (χ0n) is 52.4. The van der Waals surface area contributed by atoms with E-state index in [1.165, 1.54) is 190 Å². The summed E-state index contributed by atoms with van der Waals surface area (Å²) < 4.78 is 4.90. The Hall–Kier alpha value is -12.6. The highest BCUT2D eigenvalue weighted by atomic mass is 15.0. The molecule has 21 rings (SSSR count). The number of aromatic nitrogens is 2. The maximum atomic E-state index is 2.46. The van der Waals surface area contributed by atoms with Crippen molar-refractivity contribution < 1.29 is 0 Å². The lowest BCUT2D eigenvalue weighted by Gasteiger charge is -2.17. The van der Waals surface area contributed by atoms with E-state index in [0.29, 0.717) is 0 Å². The first-order valence-corrected chi connectivity index (χ1v) is 33.3. The van der Waals surface area contributed by atoms with Gasteiger partial charge < -0.3 is 9.13 Å². The fourth-order valence-electron chi connectivity index (χ4n) is 16.5. The van der Waals surface area contributed by atoms with Gasteiger partial charge in [-0.2, -0.15) is 0 Å². The fourth-order valence-corrected chi connectivity index (χ4v) is 16.5. The molecular weight excluding hydrogens is 1160 g/mol. The summed E-state index contributed by atoms with van der Waals surface area (Å²) in [6.45, 7) is 0. The summed E-state index contributed by atoms with van der Waals surface area (Å²) in [4.78, 5) is 0. The van der Waals surface area contributed by atoms with Crippen LogP contribution in [0.1, 0.15) is 0 Å². The Morgan fingerprint density at radius 2 is 0.354 bits per heavy atom. The van der Waals surface area contributed by atoms with Gasteiger partial charge in [0.2, 0.25) is 0 Å². The Morgan fingerprint density at radius 3 is 0.667 bits per heavy atom. The molecule has 0 amide bonds. The summed E-state index contributed by atoms with van der Waals surface area (Å²) in [5, 5.41) is 31.1. The van der Waals surface area contributed by atoms with Crippen molar-refractivity contribution in [3.63, 3.8) is 0 Å². The van der Waals surface area contributed by atoms with Gasteiger partial charge >= 0.3 is 0 Å². The molecule has 0 aliphatic heterocycles. The number of hydrogen-bond acceptors (Lipinski definition) is 0. The molecule has 96 heavy (non-hydrogen) atoms. The van der Waals surface area contributed by atoms with Crippen LogP contribution in [0.4, 0.5) is 0 Å². The Bertz CT molecular complexity index is 6700. The minimum Gasteiger partial charge on any atom is -0.309 e. The van der Waals surface area contributed by atoms with Crippen molar-refractivity contribution in [2.45, 2.75) is 0 Å². The third kappa shape index (κ3) is 8.19. The smallest absolute Gasteiger partial charge is 0.0541 e. The molecule has 0 unspecified atom stereocenters. The summed E-state index contributed by atoms with van der Waals surface area (Å²) in [5.74, 6) is 0. The standard InChI is InChI=1S/C50H31N.C44H27N/c1-3-13-32(14-4-1)34-23-27-47-45(29-34)46-30-35(33-15-5-2-6-16-33)24-28-48(46)51(47)36-25-26-43-44(31-36)39-19-9-12-22-42(39)49-40-20-10-7-17-37(40)38-18-8-11-21-41(38)50(43)49;1-2-12-28(13-3-1)29-22-25-42-40(26-29)34-17-10-11-21-41(34)45(42)30-23-24-38-39(27-30)33-16-6-9-20-37(33)43-35-18-7-4-14-31(35)32-15-5-8-19-36(32)44(38)43/h1-31H;1-27H. The Balaban J connectivity index is 0.000000132. The molecule has 0 aliphatic carbocycles. The SMILES string of the molecule is c1ccc(-c2ccc3c(c2)c2cc(-c4ccccc4)ccc2n3-c2ccc3c(c2)c2ccccc2c2c4ccccc4c4ccccc4c32)cc1.c1ccc(-c2ccc3c(c2)c2ccccc2n3-c2ccc3c(c2)c2ccccc2c2c4ccccc4c4ccccc4c32)cc1. The summed E-state index contributed by atoms with van der Waals surface area (Å²) in [6.07, 6.45) is 0. The van der Waals surface area contributed by atoms with Gasteiger partial charge in [0.25, 0.3) is 0 Å². The van der Waals surface area contributed by atoms with Gasteiger partial charge in [0.15, 0.2) is 0 Å². The van der Waals surface area contributed by atoms with Crippen molar-refractivity contribution in [2.75, 3.05) is 0 Å². The predicted molar refractivity (Wildman–Crippen MR) is 413 cm³/mol. The van der Waals surface area contributed by atoms with E-state index in [2.05, 4.69) is 361 Å². The van der Waals surface area contributed by atoms with Crippen molar-refractivity contribution in [2.24, 2.45) is 0 Å². The predicted octanol–water partition coefficient (Wildman–Crippen LogP) is 26.1. The molecule has 0 spiro atoms. The third-order valence-electron chi connectivity index (χ3n) is 20.7. The lowest BCUT2D eigenvalue weighted by molar-refractivity contribution is 1.19. The third-order valence-corrected chi connectivity index (χ3v) is 20.7. The summed E-state index contributed by atoms with van der Waals surface area (Å²) in [5.41, 5.74) is 14.6. The zero-order chi connectivity index (χ0) is 63.0. The fraction of sp³-hybridized carbons (Fsp3) is 0. The molecule has 444 valence electrons. The molecule has 19 aromatic carbocycles. The molecule has 0 aliphatic rings. The van der Waals surface area contributed by atoms with Gasteiger partial charge in [-0.3, -0.25) is 0 Å². The van der Waals surface area contributed by atoms with Crippen LogP contribution in [0.3, 0.4) is 0 Å². The van der Waals surface area contributed by atoms with Gasteiger partial charge in [0.1, 0.15) is 0 Å². The zero-order valence-corrected chi connectivity index (χ0v) is 52.4. The molecule has 2 heteroatoms. The van der Waals surface area contributed by atoms with E-state index in [1.54, 1.807) is 0 Å². The molecule has 0 N–H and O–H groups in total. The maximum absolute atomic E-state index is 2.46. The first-order chi connectivity index (χ1) is 47.7. The molecule has 2 heterocycles. The molecule has 2 nitrogen and oxygen atoms in total. The first-order valence-electron chi connectivity index (χ1n) is 33.3. The average molecular weight is 1220 g/mol. The molecule has 21 aromatic rings. The van der Waals surface area contributed by atoms with E-state index < -0.39 is 0 Å². The monoisotopic (exact) mass is 1210 g/mol. The van der Waals surface area contributed by atoms with Crippen LogP contribution in [-0.2, 0) is 0 Å². The number of benzene rings is 19. The van der Waals surface area contributed by atoms with Crippen LogP contribution in [0.5, 0.6) is 0 Å². The lowest BCUT2D eigenvalue weighted by Crippen LogP contribution is -1.95. The highest BCUT2D eigenvalue weighted by Crippen LogP contribution is 2.48. The quantitative estimate of drug-likeness (QED) is 0.152. The number of fused-ring (bicyclic) bond motifs is 28. The Kier molecular flexibility index (Phi) is 12.1. The van der Waals surface area contributed by atoms with Gasteiger partial charge in [-0.25, -0.2) is 0 Å². The normalized spacial score (nSPS) is 12.0. The van der Waals surface area contributed by atoms with Crippen molar-refractivity contribution in [3.8, 4) is 44.8 Å². The minimum absolute atomic E-state index is 1.16. The highest BCUT2D eigenvalue weighted by Gasteiger charge is 2.22. The van der Waals surface area contributed by atoms with E-state index in [-0.39, 0.29) is 0 Å².